The Bertz CT molecular complexity index is 1080. The Morgan fingerprint density at radius 3 is 1.00 bits per heavy atom. The van der Waals surface area contributed by atoms with Crippen molar-refractivity contribution in [3.05, 3.63) is 72.8 Å². The molecule has 0 unspecified atom stereocenters. The fourth-order valence-corrected chi connectivity index (χ4v) is 3.32. The maximum atomic E-state index is 9.47. The van der Waals surface area contributed by atoms with Gasteiger partial charge in [-0.05, 0) is 70.8 Å². The van der Waals surface area contributed by atoms with Crippen molar-refractivity contribution in [2.75, 3.05) is 22.9 Å². The first-order chi connectivity index (χ1) is 15.2. The lowest BCUT2D eigenvalue weighted by Crippen LogP contribution is -1.89. The molecule has 4 aromatic carbocycles. The van der Waals surface area contributed by atoms with Crippen LogP contribution in [-0.2, 0) is 0 Å². The summed E-state index contributed by atoms with van der Waals surface area (Å²) in [5, 5.41) is 18.9. The molecule has 32 heavy (non-hydrogen) atoms. The number of phenols is 2. The van der Waals surface area contributed by atoms with Crippen molar-refractivity contribution in [2.24, 2.45) is 0 Å². The Balaban J connectivity index is 0.000000181. The molecule has 0 aliphatic carbocycles. The van der Waals surface area contributed by atoms with E-state index in [1.54, 1.807) is 36.4 Å². The monoisotopic (exact) mass is 464 g/mol. The number of hydrogen-bond donors (Lipinski definition) is 8. The van der Waals surface area contributed by atoms with Gasteiger partial charge in [0.25, 0.3) is 0 Å². The first-order valence-corrected chi connectivity index (χ1v) is 10.4. The number of benzene rings is 4. The van der Waals surface area contributed by atoms with Crippen LogP contribution in [0.5, 0.6) is 11.5 Å². The minimum absolute atomic E-state index is 0.0221. The lowest BCUT2D eigenvalue weighted by atomic mass is 10.0. The minimum Gasteiger partial charge on any atom is -0.506 e. The number of hydrogen-bond acceptors (Lipinski definition) is 8. The van der Waals surface area contributed by atoms with Gasteiger partial charge in [0.05, 0.1) is 11.4 Å². The van der Waals surface area contributed by atoms with E-state index in [1.807, 2.05) is 36.4 Å². The van der Waals surface area contributed by atoms with E-state index in [-0.39, 0.29) is 11.5 Å². The highest BCUT2D eigenvalue weighted by molar-refractivity contribution is 7.80. The third-order valence-corrected chi connectivity index (χ3v) is 5.56. The fourth-order valence-electron chi connectivity index (χ4n) is 2.89. The maximum Gasteiger partial charge on any atom is 0.139 e. The Morgan fingerprint density at radius 1 is 0.438 bits per heavy atom. The molecule has 0 atom stereocenters. The third-order valence-electron chi connectivity index (χ3n) is 4.79. The standard InChI is InChI=1S/C12H12N2O2.C12H12N2S2/c2*13-9-3-1-7(5-11(9)15)8-2-4-10(14)12(16)6-8/h2*1-6,15-16H,13-14H2. The molecule has 0 aliphatic rings. The second kappa shape index (κ2) is 9.67. The van der Waals surface area contributed by atoms with Gasteiger partial charge in [-0.3, -0.25) is 0 Å². The first kappa shape index (κ1) is 23.1. The van der Waals surface area contributed by atoms with E-state index >= 15 is 0 Å². The molecule has 0 heterocycles. The summed E-state index contributed by atoms with van der Waals surface area (Å²) in [6.07, 6.45) is 0. The van der Waals surface area contributed by atoms with E-state index in [1.165, 1.54) is 0 Å². The summed E-state index contributed by atoms with van der Waals surface area (Å²) in [4.78, 5) is 1.55. The fraction of sp³-hybridized carbons (Fsp3) is 0. The van der Waals surface area contributed by atoms with Crippen LogP contribution in [0.3, 0.4) is 0 Å². The number of nitrogens with two attached hydrogens (primary N) is 4. The van der Waals surface area contributed by atoms with Crippen molar-refractivity contribution < 1.29 is 10.2 Å². The summed E-state index contributed by atoms with van der Waals surface area (Å²) < 4.78 is 0. The number of nitrogen functional groups attached to an aromatic ring is 4. The summed E-state index contributed by atoms with van der Waals surface area (Å²) in [7, 11) is 0. The average Bonchev–Trinajstić information content (AvgIpc) is 2.76. The van der Waals surface area contributed by atoms with Crippen LogP contribution in [0.4, 0.5) is 22.7 Å². The van der Waals surface area contributed by atoms with Crippen LogP contribution in [0.1, 0.15) is 0 Å². The average molecular weight is 465 g/mol. The molecule has 10 N–H and O–H groups in total. The van der Waals surface area contributed by atoms with E-state index in [4.69, 9.17) is 22.9 Å². The molecule has 0 bridgehead atoms. The summed E-state index contributed by atoms with van der Waals surface area (Å²) in [5.74, 6) is 0.0441. The van der Waals surface area contributed by atoms with Crippen LogP contribution in [0.15, 0.2) is 82.6 Å². The molecular weight excluding hydrogens is 440 g/mol. The smallest absolute Gasteiger partial charge is 0.139 e. The van der Waals surface area contributed by atoms with E-state index in [0.717, 1.165) is 32.0 Å². The SMILES string of the molecule is Nc1ccc(-c2ccc(N)c(O)c2)cc1O.Nc1ccc(-c2ccc(N)c(S)c2)cc1S. The third kappa shape index (κ3) is 5.35. The highest BCUT2D eigenvalue weighted by Crippen LogP contribution is 2.32. The minimum atomic E-state index is 0.0221. The first-order valence-electron chi connectivity index (χ1n) is 9.50. The Hall–Kier alpha value is -3.62. The molecule has 4 rings (SSSR count). The zero-order valence-electron chi connectivity index (χ0n) is 17.0. The highest BCUT2D eigenvalue weighted by Gasteiger charge is 2.05. The number of aromatic hydroxyl groups is 2. The van der Waals surface area contributed by atoms with Crippen LogP contribution in [0.2, 0.25) is 0 Å². The number of anilines is 4. The van der Waals surface area contributed by atoms with Gasteiger partial charge in [0, 0.05) is 21.2 Å². The predicted molar refractivity (Wildman–Crippen MR) is 139 cm³/mol. The van der Waals surface area contributed by atoms with Crippen molar-refractivity contribution >= 4 is 48.0 Å². The highest BCUT2D eigenvalue weighted by atomic mass is 32.1. The molecule has 4 aromatic rings. The van der Waals surface area contributed by atoms with E-state index < -0.39 is 0 Å². The molecule has 164 valence electrons. The van der Waals surface area contributed by atoms with E-state index in [2.05, 4.69) is 25.3 Å². The molecule has 0 spiro atoms. The summed E-state index contributed by atoms with van der Waals surface area (Å²) in [5.41, 5.74) is 28.0. The molecule has 0 fully saturated rings. The predicted octanol–water partition coefficient (Wildman–Crippen LogP) is 5.02. The molecule has 8 heteroatoms. The molecule has 0 aliphatic heterocycles. The Kier molecular flexibility index (Phi) is 6.97. The normalized spacial score (nSPS) is 10.3. The van der Waals surface area contributed by atoms with Crippen molar-refractivity contribution in [1.82, 2.24) is 0 Å². The number of rotatable bonds is 2. The van der Waals surface area contributed by atoms with Gasteiger partial charge in [-0.25, -0.2) is 0 Å². The quantitative estimate of drug-likeness (QED) is 0.119. The lowest BCUT2D eigenvalue weighted by Gasteiger charge is -2.07. The van der Waals surface area contributed by atoms with Gasteiger partial charge >= 0.3 is 0 Å². The molecule has 6 nitrogen and oxygen atoms in total. The second-order valence-corrected chi connectivity index (χ2v) is 8.06. The van der Waals surface area contributed by atoms with Crippen molar-refractivity contribution in [1.29, 1.82) is 0 Å². The van der Waals surface area contributed by atoms with Crippen LogP contribution in [0, 0.1) is 0 Å². The Morgan fingerprint density at radius 2 is 0.719 bits per heavy atom. The topological polar surface area (TPSA) is 145 Å². The molecule has 0 aromatic heterocycles. The molecule has 0 amide bonds. The van der Waals surface area contributed by atoms with Crippen LogP contribution >= 0.6 is 25.3 Å². The van der Waals surface area contributed by atoms with Crippen LogP contribution in [-0.4, -0.2) is 10.2 Å². The van der Waals surface area contributed by atoms with Crippen molar-refractivity contribution in [3.63, 3.8) is 0 Å². The molecule has 0 radical (unpaired) electrons. The van der Waals surface area contributed by atoms with Crippen molar-refractivity contribution in [2.45, 2.75) is 9.79 Å². The van der Waals surface area contributed by atoms with Gasteiger partial charge in [0.1, 0.15) is 11.5 Å². The van der Waals surface area contributed by atoms with Gasteiger partial charge in [-0.2, -0.15) is 0 Å². The summed E-state index contributed by atoms with van der Waals surface area (Å²) >= 11 is 8.59. The van der Waals surface area contributed by atoms with Crippen LogP contribution < -0.4 is 22.9 Å². The van der Waals surface area contributed by atoms with E-state index in [9.17, 15) is 10.2 Å². The van der Waals surface area contributed by atoms with Gasteiger partial charge < -0.3 is 33.1 Å². The number of phenolic OH excluding ortho intramolecular Hbond substituents is 2. The zero-order chi connectivity index (χ0) is 23.4. The van der Waals surface area contributed by atoms with Gasteiger partial charge in [0.15, 0.2) is 0 Å². The summed E-state index contributed by atoms with van der Waals surface area (Å²) in [6, 6.07) is 21.3. The molecule has 0 saturated heterocycles. The van der Waals surface area contributed by atoms with Gasteiger partial charge in [-0.1, -0.05) is 24.3 Å². The van der Waals surface area contributed by atoms with Gasteiger partial charge in [-0.15, -0.1) is 25.3 Å². The largest absolute Gasteiger partial charge is 0.506 e. The van der Waals surface area contributed by atoms with E-state index in [0.29, 0.717) is 22.7 Å². The second-order valence-electron chi connectivity index (χ2n) is 7.09. The molecule has 0 saturated carbocycles. The number of thiol groups is 2. The Labute approximate surface area is 197 Å². The molecular formula is C24H24N4O2S2. The zero-order valence-corrected chi connectivity index (χ0v) is 18.8. The lowest BCUT2D eigenvalue weighted by molar-refractivity contribution is 0.477. The van der Waals surface area contributed by atoms with Crippen molar-refractivity contribution in [3.8, 4) is 33.8 Å². The maximum absolute atomic E-state index is 9.47. The van der Waals surface area contributed by atoms with Gasteiger partial charge in [0.2, 0.25) is 0 Å². The summed E-state index contributed by atoms with van der Waals surface area (Å²) in [6.45, 7) is 0. The van der Waals surface area contributed by atoms with Crippen LogP contribution in [0.25, 0.3) is 22.3 Å².